The van der Waals surface area contributed by atoms with Gasteiger partial charge < -0.3 is 10.5 Å². The topological polar surface area (TPSA) is 64.3 Å². The first-order valence-corrected chi connectivity index (χ1v) is 7.60. The maximum Gasteiger partial charge on any atom is 0.161 e. The molecule has 0 spiro atoms. The van der Waals surface area contributed by atoms with Crippen molar-refractivity contribution in [2.24, 2.45) is 0 Å². The molecule has 19 heavy (non-hydrogen) atoms. The summed E-state index contributed by atoms with van der Waals surface area (Å²) in [6.07, 6.45) is 1.85. The number of aryl methyl sites for hydroxylation is 1. The van der Waals surface area contributed by atoms with Crippen LogP contribution in [-0.2, 0) is 11.2 Å². The minimum Gasteiger partial charge on any atom is -0.383 e. The Hall–Kier alpha value is -0.720. The van der Waals surface area contributed by atoms with E-state index in [1.165, 1.54) is 0 Å². The lowest BCUT2D eigenvalue weighted by molar-refractivity contribution is -0.0326. The highest BCUT2D eigenvalue weighted by Gasteiger charge is 2.24. The number of nitrogens with zero attached hydrogens (tertiary/aromatic N) is 3. The van der Waals surface area contributed by atoms with Gasteiger partial charge in [-0.1, -0.05) is 20.3 Å². The molecule has 1 saturated heterocycles. The fourth-order valence-electron chi connectivity index (χ4n) is 2.23. The van der Waals surface area contributed by atoms with Gasteiger partial charge in [0.1, 0.15) is 11.9 Å². The number of nitrogens with two attached hydrogens (primary N) is 1. The van der Waals surface area contributed by atoms with E-state index in [0.29, 0.717) is 11.6 Å². The van der Waals surface area contributed by atoms with Gasteiger partial charge in [-0.15, -0.1) is 0 Å². The number of anilines is 1. The molecule has 0 bridgehead atoms. The molecule has 0 radical (unpaired) electrons. The summed E-state index contributed by atoms with van der Waals surface area (Å²) in [5.74, 6) is 1.22. The molecule has 0 aromatic carbocycles. The standard InChI is InChI=1S/C13H21BrN4O/c1-3-5-9-11(14)12(15)17-13(16-9)10-8-18(4-2)6-7-19-10/h10H,3-8H2,1-2H3,(H2,15,16,17). The Labute approximate surface area is 122 Å². The lowest BCUT2D eigenvalue weighted by atomic mass is 10.2. The first-order valence-electron chi connectivity index (χ1n) is 6.81. The van der Waals surface area contributed by atoms with Gasteiger partial charge in [0.15, 0.2) is 5.82 Å². The van der Waals surface area contributed by atoms with Gasteiger partial charge >= 0.3 is 0 Å². The van der Waals surface area contributed by atoms with E-state index in [1.54, 1.807) is 0 Å². The summed E-state index contributed by atoms with van der Waals surface area (Å²) in [5.41, 5.74) is 6.93. The lowest BCUT2D eigenvalue weighted by Crippen LogP contribution is -2.38. The molecule has 1 atom stereocenters. The summed E-state index contributed by atoms with van der Waals surface area (Å²) in [7, 11) is 0. The highest BCUT2D eigenvalue weighted by Crippen LogP contribution is 2.26. The van der Waals surface area contributed by atoms with Crippen LogP contribution in [0.4, 0.5) is 5.82 Å². The molecule has 0 amide bonds. The zero-order chi connectivity index (χ0) is 13.8. The number of nitrogen functional groups attached to an aromatic ring is 1. The number of morpholine rings is 1. The third-order valence-electron chi connectivity index (χ3n) is 3.34. The zero-order valence-electron chi connectivity index (χ0n) is 11.5. The predicted molar refractivity (Wildman–Crippen MR) is 78.9 cm³/mol. The lowest BCUT2D eigenvalue weighted by Gasteiger charge is -2.31. The number of likely N-dealkylation sites (N-methyl/N-ethyl adjacent to an activating group) is 1. The molecule has 1 aliphatic rings. The molecule has 5 nitrogen and oxygen atoms in total. The molecule has 6 heteroatoms. The Bertz CT molecular complexity index is 441. The van der Waals surface area contributed by atoms with Crippen LogP contribution in [0.3, 0.4) is 0 Å². The van der Waals surface area contributed by atoms with Gasteiger partial charge in [-0.25, -0.2) is 9.97 Å². The zero-order valence-corrected chi connectivity index (χ0v) is 13.1. The van der Waals surface area contributed by atoms with E-state index >= 15 is 0 Å². The maximum atomic E-state index is 5.96. The Morgan fingerprint density at radius 3 is 2.89 bits per heavy atom. The van der Waals surface area contributed by atoms with Gasteiger partial charge in [0, 0.05) is 13.1 Å². The average molecular weight is 329 g/mol. The molecule has 106 valence electrons. The van der Waals surface area contributed by atoms with Crippen molar-refractivity contribution in [3.05, 3.63) is 16.0 Å². The van der Waals surface area contributed by atoms with Crippen molar-refractivity contribution in [1.82, 2.24) is 14.9 Å². The van der Waals surface area contributed by atoms with Crippen LogP contribution in [0.2, 0.25) is 0 Å². The summed E-state index contributed by atoms with van der Waals surface area (Å²) in [4.78, 5) is 11.3. The third kappa shape index (κ3) is 3.43. The molecular weight excluding hydrogens is 308 g/mol. The van der Waals surface area contributed by atoms with Crippen molar-refractivity contribution in [2.45, 2.75) is 32.8 Å². The summed E-state index contributed by atoms with van der Waals surface area (Å²) < 4.78 is 6.61. The predicted octanol–water partition coefficient (Wildman–Crippen LogP) is 2.17. The monoisotopic (exact) mass is 328 g/mol. The first-order chi connectivity index (χ1) is 9.15. The highest BCUT2D eigenvalue weighted by molar-refractivity contribution is 9.10. The number of aromatic nitrogens is 2. The van der Waals surface area contributed by atoms with Gasteiger partial charge in [0.05, 0.1) is 16.8 Å². The number of halogens is 1. The van der Waals surface area contributed by atoms with Crippen molar-refractivity contribution in [3.63, 3.8) is 0 Å². The van der Waals surface area contributed by atoms with Crippen LogP contribution in [0.1, 0.15) is 37.9 Å². The minimum absolute atomic E-state index is 0.0697. The average Bonchev–Trinajstić information content (AvgIpc) is 2.44. The second kappa shape index (κ2) is 6.63. The van der Waals surface area contributed by atoms with Gasteiger partial charge in [-0.3, -0.25) is 4.90 Å². The summed E-state index contributed by atoms with van der Waals surface area (Å²) >= 11 is 3.46. The van der Waals surface area contributed by atoms with Crippen LogP contribution in [0.5, 0.6) is 0 Å². The normalized spacial score (nSPS) is 20.7. The van der Waals surface area contributed by atoms with Crippen molar-refractivity contribution < 1.29 is 4.74 Å². The number of hydrogen-bond acceptors (Lipinski definition) is 5. The van der Waals surface area contributed by atoms with E-state index in [9.17, 15) is 0 Å². The van der Waals surface area contributed by atoms with Crippen LogP contribution >= 0.6 is 15.9 Å². The van der Waals surface area contributed by atoms with Gasteiger partial charge in [-0.2, -0.15) is 0 Å². The SMILES string of the molecule is CCCc1nc(C2CN(CC)CCO2)nc(N)c1Br. The van der Waals surface area contributed by atoms with Crippen LogP contribution < -0.4 is 5.73 Å². The maximum absolute atomic E-state index is 5.96. The van der Waals surface area contributed by atoms with Gasteiger partial charge in [0.25, 0.3) is 0 Å². The van der Waals surface area contributed by atoms with E-state index < -0.39 is 0 Å². The van der Waals surface area contributed by atoms with E-state index in [0.717, 1.165) is 49.2 Å². The Morgan fingerprint density at radius 1 is 1.42 bits per heavy atom. The van der Waals surface area contributed by atoms with Crippen molar-refractivity contribution >= 4 is 21.7 Å². The fourth-order valence-corrected chi connectivity index (χ4v) is 2.60. The smallest absolute Gasteiger partial charge is 0.161 e. The van der Waals surface area contributed by atoms with E-state index in [-0.39, 0.29) is 6.10 Å². The molecule has 1 fully saturated rings. The van der Waals surface area contributed by atoms with Gasteiger partial charge in [0.2, 0.25) is 0 Å². The molecule has 1 aromatic rings. The van der Waals surface area contributed by atoms with Crippen LogP contribution in [0.25, 0.3) is 0 Å². The Morgan fingerprint density at radius 2 is 2.21 bits per heavy atom. The summed E-state index contributed by atoms with van der Waals surface area (Å²) in [5, 5.41) is 0. The third-order valence-corrected chi connectivity index (χ3v) is 4.20. The molecule has 0 aliphatic carbocycles. The number of rotatable bonds is 4. The highest BCUT2D eigenvalue weighted by atomic mass is 79.9. The van der Waals surface area contributed by atoms with E-state index in [2.05, 4.69) is 44.6 Å². The molecule has 2 rings (SSSR count). The number of ether oxygens (including phenoxy) is 1. The second-order valence-corrected chi connectivity index (χ2v) is 5.52. The quantitative estimate of drug-likeness (QED) is 0.917. The summed E-state index contributed by atoms with van der Waals surface area (Å²) in [6, 6.07) is 0. The van der Waals surface area contributed by atoms with Crippen LogP contribution in [-0.4, -0.2) is 41.1 Å². The van der Waals surface area contributed by atoms with E-state index in [1.807, 2.05) is 0 Å². The van der Waals surface area contributed by atoms with E-state index in [4.69, 9.17) is 10.5 Å². The molecule has 1 unspecified atom stereocenters. The molecule has 1 aromatic heterocycles. The molecule has 2 heterocycles. The largest absolute Gasteiger partial charge is 0.383 e. The first kappa shape index (κ1) is 14.7. The molecule has 2 N–H and O–H groups in total. The number of hydrogen-bond donors (Lipinski definition) is 1. The fraction of sp³-hybridized carbons (Fsp3) is 0.692. The van der Waals surface area contributed by atoms with Crippen LogP contribution in [0.15, 0.2) is 4.47 Å². The summed E-state index contributed by atoms with van der Waals surface area (Å²) in [6.45, 7) is 7.83. The van der Waals surface area contributed by atoms with Gasteiger partial charge in [-0.05, 0) is 28.9 Å². The van der Waals surface area contributed by atoms with Crippen LogP contribution in [0, 0.1) is 0 Å². The Kier molecular flexibility index (Phi) is 5.13. The molecular formula is C13H21BrN4O. The van der Waals surface area contributed by atoms with Crippen molar-refractivity contribution in [1.29, 1.82) is 0 Å². The minimum atomic E-state index is -0.0697. The molecule has 0 saturated carbocycles. The Balaban J connectivity index is 2.24. The molecule has 1 aliphatic heterocycles. The van der Waals surface area contributed by atoms with Crippen molar-refractivity contribution in [3.8, 4) is 0 Å². The van der Waals surface area contributed by atoms with Crippen molar-refractivity contribution in [2.75, 3.05) is 32.0 Å². The second-order valence-electron chi connectivity index (χ2n) is 4.73.